The van der Waals surface area contributed by atoms with Gasteiger partial charge >= 0.3 is 5.97 Å². The number of carboxylic acid groups (broad SMARTS) is 1. The first-order valence-corrected chi connectivity index (χ1v) is 7.23. The number of pyridine rings is 1. The Bertz CT molecular complexity index is 691. The summed E-state index contributed by atoms with van der Waals surface area (Å²) in [6.45, 7) is 4.10. The minimum atomic E-state index is -0.945. The number of piperidine rings is 1. The lowest BCUT2D eigenvalue weighted by Crippen LogP contribution is -2.33. The number of hydrogen-bond donors (Lipinski definition) is 2. The van der Waals surface area contributed by atoms with E-state index in [1.54, 1.807) is 24.3 Å². The van der Waals surface area contributed by atoms with E-state index in [0.29, 0.717) is 16.6 Å². The van der Waals surface area contributed by atoms with E-state index in [1.807, 2.05) is 0 Å². The molecule has 1 saturated heterocycles. The van der Waals surface area contributed by atoms with Crippen LogP contribution in [0.5, 0.6) is 0 Å². The first kappa shape index (κ1) is 13.7. The molecule has 0 saturated carbocycles. The number of hydrogen-bond acceptors (Lipinski definition) is 4. The zero-order chi connectivity index (χ0) is 15.0. The molecule has 2 aromatic rings. The van der Waals surface area contributed by atoms with Crippen LogP contribution in [0.3, 0.4) is 0 Å². The molecule has 5 nitrogen and oxygen atoms in total. The van der Waals surface area contributed by atoms with Gasteiger partial charge in [-0.05, 0) is 43.0 Å². The largest absolute Gasteiger partial charge is 0.478 e. The van der Waals surface area contributed by atoms with Gasteiger partial charge in [-0.15, -0.1) is 0 Å². The van der Waals surface area contributed by atoms with Crippen LogP contribution in [0.2, 0.25) is 0 Å². The normalized spacial score (nSPS) is 16.3. The molecule has 1 aliphatic heterocycles. The zero-order valence-corrected chi connectivity index (χ0v) is 12.0. The molecule has 0 atom stereocenters. The Morgan fingerprint density at radius 1 is 1.33 bits per heavy atom. The second-order valence-electron chi connectivity index (χ2n) is 5.78. The molecule has 110 valence electrons. The van der Waals surface area contributed by atoms with E-state index in [0.717, 1.165) is 37.7 Å². The van der Waals surface area contributed by atoms with Crippen LogP contribution in [-0.4, -0.2) is 29.1 Å². The SMILES string of the molecule is CC1CCN(c2cc(C(=O)O)c3cc(N)ccc3n2)CC1. The van der Waals surface area contributed by atoms with Crippen molar-refractivity contribution in [2.75, 3.05) is 23.7 Å². The van der Waals surface area contributed by atoms with Gasteiger partial charge in [-0.3, -0.25) is 0 Å². The summed E-state index contributed by atoms with van der Waals surface area (Å²) < 4.78 is 0. The minimum Gasteiger partial charge on any atom is -0.478 e. The monoisotopic (exact) mass is 285 g/mol. The molecule has 3 N–H and O–H groups in total. The van der Waals surface area contributed by atoms with Crippen LogP contribution in [0.25, 0.3) is 10.9 Å². The first-order valence-electron chi connectivity index (χ1n) is 7.23. The summed E-state index contributed by atoms with van der Waals surface area (Å²) in [6, 6.07) is 6.88. The maximum absolute atomic E-state index is 11.5. The van der Waals surface area contributed by atoms with Crippen molar-refractivity contribution in [3.63, 3.8) is 0 Å². The van der Waals surface area contributed by atoms with E-state index in [1.165, 1.54) is 0 Å². The van der Waals surface area contributed by atoms with Gasteiger partial charge < -0.3 is 15.7 Å². The fourth-order valence-corrected chi connectivity index (χ4v) is 2.81. The fraction of sp³-hybridized carbons (Fsp3) is 0.375. The number of aromatic nitrogens is 1. The number of carboxylic acids is 1. The molecular formula is C16H19N3O2. The molecule has 0 unspecified atom stereocenters. The molecule has 0 amide bonds. The summed E-state index contributed by atoms with van der Waals surface area (Å²) in [7, 11) is 0. The number of rotatable bonds is 2. The van der Waals surface area contributed by atoms with Gasteiger partial charge in [-0.1, -0.05) is 6.92 Å². The Kier molecular flexibility index (Phi) is 3.41. The molecule has 1 fully saturated rings. The standard InChI is InChI=1S/C16H19N3O2/c1-10-4-6-19(7-5-10)15-9-13(16(20)21)12-8-11(17)2-3-14(12)18-15/h2-3,8-10H,4-7,17H2,1H3,(H,20,21). The van der Waals surface area contributed by atoms with Crippen molar-refractivity contribution in [1.29, 1.82) is 0 Å². The molecular weight excluding hydrogens is 266 g/mol. The maximum Gasteiger partial charge on any atom is 0.336 e. The third kappa shape index (κ3) is 2.63. The minimum absolute atomic E-state index is 0.265. The Morgan fingerprint density at radius 2 is 2.05 bits per heavy atom. The molecule has 0 radical (unpaired) electrons. The average Bonchev–Trinajstić information content (AvgIpc) is 2.46. The highest BCUT2D eigenvalue weighted by molar-refractivity contribution is 6.04. The third-order valence-corrected chi connectivity index (χ3v) is 4.16. The average molecular weight is 285 g/mol. The van der Waals surface area contributed by atoms with Crippen LogP contribution in [-0.2, 0) is 0 Å². The van der Waals surface area contributed by atoms with Gasteiger partial charge in [0.2, 0.25) is 0 Å². The van der Waals surface area contributed by atoms with E-state index >= 15 is 0 Å². The Labute approximate surface area is 123 Å². The van der Waals surface area contributed by atoms with Crippen LogP contribution >= 0.6 is 0 Å². The lowest BCUT2D eigenvalue weighted by atomic mass is 9.99. The highest BCUT2D eigenvalue weighted by atomic mass is 16.4. The summed E-state index contributed by atoms with van der Waals surface area (Å²) >= 11 is 0. The van der Waals surface area contributed by atoms with Gasteiger partial charge in [0.25, 0.3) is 0 Å². The summed E-state index contributed by atoms with van der Waals surface area (Å²) in [5.74, 6) is 0.525. The van der Waals surface area contributed by atoms with Gasteiger partial charge in [-0.25, -0.2) is 9.78 Å². The second kappa shape index (κ2) is 5.24. The van der Waals surface area contributed by atoms with Crippen molar-refractivity contribution in [3.8, 4) is 0 Å². The highest BCUT2D eigenvalue weighted by Gasteiger charge is 2.20. The zero-order valence-electron chi connectivity index (χ0n) is 12.0. The van der Waals surface area contributed by atoms with Crippen LogP contribution in [0.1, 0.15) is 30.1 Å². The second-order valence-corrected chi connectivity index (χ2v) is 5.78. The molecule has 2 heterocycles. The lowest BCUT2D eigenvalue weighted by molar-refractivity contribution is 0.0699. The topological polar surface area (TPSA) is 79.5 Å². The molecule has 1 aliphatic rings. The summed E-state index contributed by atoms with van der Waals surface area (Å²) in [4.78, 5) is 18.3. The molecule has 0 bridgehead atoms. The maximum atomic E-state index is 11.5. The van der Waals surface area contributed by atoms with E-state index in [4.69, 9.17) is 5.73 Å². The summed E-state index contributed by atoms with van der Waals surface area (Å²) in [6.07, 6.45) is 2.23. The molecule has 5 heteroatoms. The smallest absolute Gasteiger partial charge is 0.336 e. The van der Waals surface area contributed by atoms with Crippen molar-refractivity contribution in [2.45, 2.75) is 19.8 Å². The molecule has 0 aliphatic carbocycles. The van der Waals surface area contributed by atoms with E-state index < -0.39 is 5.97 Å². The number of aromatic carboxylic acids is 1. The van der Waals surface area contributed by atoms with Crippen molar-refractivity contribution in [2.24, 2.45) is 5.92 Å². The van der Waals surface area contributed by atoms with E-state index in [9.17, 15) is 9.90 Å². The Morgan fingerprint density at radius 3 is 2.71 bits per heavy atom. The van der Waals surface area contributed by atoms with Crippen LogP contribution in [0.4, 0.5) is 11.5 Å². The molecule has 3 rings (SSSR count). The van der Waals surface area contributed by atoms with E-state index in [-0.39, 0.29) is 5.56 Å². The number of benzene rings is 1. The summed E-state index contributed by atoms with van der Waals surface area (Å²) in [5.41, 5.74) is 7.25. The Hall–Kier alpha value is -2.30. The molecule has 21 heavy (non-hydrogen) atoms. The van der Waals surface area contributed by atoms with Gasteiger partial charge in [0.15, 0.2) is 0 Å². The van der Waals surface area contributed by atoms with Crippen LogP contribution < -0.4 is 10.6 Å². The van der Waals surface area contributed by atoms with Crippen LogP contribution in [0.15, 0.2) is 24.3 Å². The fourth-order valence-electron chi connectivity index (χ4n) is 2.81. The predicted octanol–water partition coefficient (Wildman–Crippen LogP) is 2.75. The molecule has 0 spiro atoms. The van der Waals surface area contributed by atoms with Gasteiger partial charge in [0.1, 0.15) is 5.82 Å². The van der Waals surface area contributed by atoms with E-state index in [2.05, 4.69) is 16.8 Å². The quantitative estimate of drug-likeness (QED) is 0.829. The predicted molar refractivity (Wildman–Crippen MR) is 83.7 cm³/mol. The van der Waals surface area contributed by atoms with Gasteiger partial charge in [0, 0.05) is 24.2 Å². The van der Waals surface area contributed by atoms with Crippen molar-refractivity contribution in [1.82, 2.24) is 4.98 Å². The van der Waals surface area contributed by atoms with Crippen molar-refractivity contribution < 1.29 is 9.90 Å². The van der Waals surface area contributed by atoms with Gasteiger partial charge in [0.05, 0.1) is 11.1 Å². The number of anilines is 2. The van der Waals surface area contributed by atoms with Crippen molar-refractivity contribution >= 4 is 28.4 Å². The summed E-state index contributed by atoms with van der Waals surface area (Å²) in [5, 5.41) is 10.0. The third-order valence-electron chi connectivity index (χ3n) is 4.16. The molecule has 1 aromatic heterocycles. The van der Waals surface area contributed by atoms with Gasteiger partial charge in [-0.2, -0.15) is 0 Å². The number of nitrogens with two attached hydrogens (primary N) is 1. The lowest BCUT2D eigenvalue weighted by Gasteiger charge is -2.31. The number of fused-ring (bicyclic) bond motifs is 1. The Balaban J connectivity index is 2.08. The number of carbonyl (C=O) groups is 1. The number of nitrogen functional groups attached to an aromatic ring is 1. The number of nitrogens with zero attached hydrogens (tertiary/aromatic N) is 2. The molecule has 1 aromatic carbocycles. The van der Waals surface area contributed by atoms with Crippen LogP contribution in [0, 0.1) is 5.92 Å². The first-order chi connectivity index (χ1) is 10.0. The van der Waals surface area contributed by atoms with Crippen molar-refractivity contribution in [3.05, 3.63) is 29.8 Å². The highest BCUT2D eigenvalue weighted by Crippen LogP contribution is 2.27.